The van der Waals surface area contributed by atoms with E-state index in [9.17, 15) is 9.59 Å². The molecule has 2 N–H and O–H groups in total. The lowest BCUT2D eigenvalue weighted by atomic mass is 10.0. The number of carboxylic acid groups (broad SMARTS) is 1. The number of hydrogen-bond acceptors (Lipinski definition) is 3. The normalized spacial score (nSPS) is 20.9. The average molecular weight is 287 g/mol. The first-order valence-electron chi connectivity index (χ1n) is 6.79. The first-order valence-corrected chi connectivity index (χ1v) is 6.79. The zero-order valence-corrected chi connectivity index (χ0v) is 11.7. The minimum atomic E-state index is -0.857. The van der Waals surface area contributed by atoms with Crippen LogP contribution in [0, 0.1) is 17.2 Å². The molecule has 1 aromatic rings. The van der Waals surface area contributed by atoms with Gasteiger partial charge in [0.2, 0.25) is 0 Å². The number of likely N-dealkylation sites (tertiary alicyclic amines) is 1. The summed E-state index contributed by atoms with van der Waals surface area (Å²) in [5, 5.41) is 20.5. The third-order valence-electron chi connectivity index (χ3n) is 3.86. The second kappa shape index (κ2) is 6.27. The molecule has 1 aromatic carbocycles. The molecule has 0 aliphatic carbocycles. The van der Waals surface area contributed by atoms with Crippen molar-refractivity contribution in [3.8, 4) is 6.07 Å². The minimum absolute atomic E-state index is 0.254. The maximum absolute atomic E-state index is 12.1. The molecule has 6 nitrogen and oxygen atoms in total. The predicted molar refractivity (Wildman–Crippen MR) is 75.3 cm³/mol. The van der Waals surface area contributed by atoms with E-state index in [2.05, 4.69) is 5.32 Å². The van der Waals surface area contributed by atoms with Gasteiger partial charge in [0.15, 0.2) is 0 Å². The van der Waals surface area contributed by atoms with Crippen molar-refractivity contribution in [1.82, 2.24) is 10.2 Å². The molecule has 2 atom stereocenters. The first-order chi connectivity index (χ1) is 10.0. The van der Waals surface area contributed by atoms with Crippen LogP contribution in [0.1, 0.15) is 24.5 Å². The summed E-state index contributed by atoms with van der Waals surface area (Å²) in [5.41, 5.74) is 1.46. The summed E-state index contributed by atoms with van der Waals surface area (Å²) >= 11 is 0. The Balaban J connectivity index is 1.90. The van der Waals surface area contributed by atoms with E-state index in [1.165, 1.54) is 0 Å². The summed E-state index contributed by atoms with van der Waals surface area (Å²) in [5.74, 6) is -1.35. The molecule has 0 bridgehead atoms. The smallest absolute Gasteiger partial charge is 0.317 e. The molecule has 1 aliphatic rings. The number of carbonyl (C=O) groups is 2. The van der Waals surface area contributed by atoms with E-state index < -0.39 is 11.9 Å². The number of nitrogens with zero attached hydrogens (tertiary/aromatic N) is 2. The van der Waals surface area contributed by atoms with Crippen molar-refractivity contribution in [1.29, 1.82) is 5.26 Å². The molecule has 0 spiro atoms. The highest BCUT2D eigenvalue weighted by Crippen LogP contribution is 2.24. The van der Waals surface area contributed by atoms with Crippen LogP contribution in [0.3, 0.4) is 0 Å². The van der Waals surface area contributed by atoms with Crippen LogP contribution in [-0.2, 0) is 11.3 Å². The van der Waals surface area contributed by atoms with Crippen LogP contribution < -0.4 is 5.32 Å². The standard InChI is InChI=1S/C15H17N3O3/c1-10-13(14(19)20)6-7-18(10)15(21)17-9-12-4-2-11(8-16)3-5-12/h2-5,10,13H,6-7,9H2,1H3,(H,17,21)(H,19,20). The molecule has 6 heteroatoms. The zero-order chi connectivity index (χ0) is 15.4. The molecule has 0 radical (unpaired) electrons. The molecule has 2 rings (SSSR count). The van der Waals surface area contributed by atoms with E-state index in [-0.39, 0.29) is 12.1 Å². The molecular weight excluding hydrogens is 270 g/mol. The Hall–Kier alpha value is -2.55. The lowest BCUT2D eigenvalue weighted by molar-refractivity contribution is -0.142. The van der Waals surface area contributed by atoms with Crippen LogP contribution in [0.15, 0.2) is 24.3 Å². The van der Waals surface area contributed by atoms with E-state index >= 15 is 0 Å². The molecule has 2 amide bonds. The molecule has 1 saturated heterocycles. The van der Waals surface area contributed by atoms with Gasteiger partial charge in [-0.3, -0.25) is 4.79 Å². The van der Waals surface area contributed by atoms with E-state index in [1.807, 2.05) is 6.07 Å². The fraction of sp³-hybridized carbons (Fsp3) is 0.400. The predicted octanol–water partition coefficient (Wildman–Crippen LogP) is 1.56. The number of nitrogens with one attached hydrogen (secondary N) is 1. The summed E-state index contributed by atoms with van der Waals surface area (Å²) in [6, 6.07) is 8.44. The topological polar surface area (TPSA) is 93.4 Å². The van der Waals surface area contributed by atoms with Crippen molar-refractivity contribution in [2.75, 3.05) is 6.54 Å². The first kappa shape index (κ1) is 14.9. The minimum Gasteiger partial charge on any atom is -0.481 e. The molecular formula is C15H17N3O3. The fourth-order valence-corrected chi connectivity index (χ4v) is 2.53. The number of benzene rings is 1. The SMILES string of the molecule is CC1C(C(=O)O)CCN1C(=O)NCc1ccc(C#N)cc1. The summed E-state index contributed by atoms with van der Waals surface area (Å²) in [7, 11) is 0. The summed E-state index contributed by atoms with van der Waals surface area (Å²) < 4.78 is 0. The molecule has 2 unspecified atom stereocenters. The van der Waals surface area contributed by atoms with Crippen molar-refractivity contribution in [3.05, 3.63) is 35.4 Å². The molecule has 21 heavy (non-hydrogen) atoms. The number of rotatable bonds is 3. The van der Waals surface area contributed by atoms with Crippen LogP contribution >= 0.6 is 0 Å². The number of nitriles is 1. The highest BCUT2D eigenvalue weighted by atomic mass is 16.4. The van der Waals surface area contributed by atoms with Crippen LogP contribution in [-0.4, -0.2) is 34.6 Å². The number of urea groups is 1. The average Bonchev–Trinajstić information content (AvgIpc) is 2.87. The maximum atomic E-state index is 12.1. The van der Waals surface area contributed by atoms with Gasteiger partial charge in [-0.05, 0) is 31.0 Å². The molecule has 1 aliphatic heterocycles. The Kier molecular flexibility index (Phi) is 4.43. The van der Waals surface area contributed by atoms with Gasteiger partial charge >= 0.3 is 12.0 Å². The van der Waals surface area contributed by atoms with E-state index in [4.69, 9.17) is 10.4 Å². The van der Waals surface area contributed by atoms with Gasteiger partial charge in [0, 0.05) is 19.1 Å². The van der Waals surface area contributed by atoms with Gasteiger partial charge in [0.1, 0.15) is 0 Å². The lowest BCUT2D eigenvalue weighted by Gasteiger charge is -2.23. The molecule has 1 heterocycles. The van der Waals surface area contributed by atoms with Crippen LogP contribution in [0.2, 0.25) is 0 Å². The Morgan fingerprint density at radius 3 is 2.62 bits per heavy atom. The lowest BCUT2D eigenvalue weighted by Crippen LogP contribution is -2.43. The van der Waals surface area contributed by atoms with Crippen molar-refractivity contribution < 1.29 is 14.7 Å². The zero-order valence-electron chi connectivity index (χ0n) is 11.7. The van der Waals surface area contributed by atoms with E-state index in [0.29, 0.717) is 25.1 Å². The van der Waals surface area contributed by atoms with Gasteiger partial charge < -0.3 is 15.3 Å². The fourth-order valence-electron chi connectivity index (χ4n) is 2.53. The number of hydrogen-bond donors (Lipinski definition) is 2. The highest BCUT2D eigenvalue weighted by Gasteiger charge is 2.37. The van der Waals surface area contributed by atoms with Crippen molar-refractivity contribution >= 4 is 12.0 Å². The third kappa shape index (κ3) is 3.31. The van der Waals surface area contributed by atoms with Gasteiger partial charge in [-0.1, -0.05) is 12.1 Å². The summed E-state index contributed by atoms with van der Waals surface area (Å²) in [6.45, 7) is 2.57. The quantitative estimate of drug-likeness (QED) is 0.882. The number of carboxylic acids is 1. The monoisotopic (exact) mass is 287 g/mol. The van der Waals surface area contributed by atoms with Crippen LogP contribution in [0.25, 0.3) is 0 Å². The Bertz CT molecular complexity index is 577. The molecule has 110 valence electrons. The van der Waals surface area contributed by atoms with Crippen LogP contribution in [0.5, 0.6) is 0 Å². The molecule has 0 saturated carbocycles. The van der Waals surface area contributed by atoms with Gasteiger partial charge in [-0.25, -0.2) is 4.79 Å². The summed E-state index contributed by atoms with van der Waals surface area (Å²) in [6.07, 6.45) is 0.487. The Labute approximate surface area is 123 Å². The van der Waals surface area contributed by atoms with Gasteiger partial charge in [0.05, 0.1) is 17.6 Å². The Morgan fingerprint density at radius 2 is 2.10 bits per heavy atom. The maximum Gasteiger partial charge on any atom is 0.317 e. The van der Waals surface area contributed by atoms with Crippen molar-refractivity contribution in [2.24, 2.45) is 5.92 Å². The third-order valence-corrected chi connectivity index (χ3v) is 3.86. The van der Waals surface area contributed by atoms with Gasteiger partial charge in [-0.2, -0.15) is 5.26 Å². The van der Waals surface area contributed by atoms with Crippen LogP contribution in [0.4, 0.5) is 4.79 Å². The van der Waals surface area contributed by atoms with Crippen molar-refractivity contribution in [2.45, 2.75) is 25.9 Å². The number of carbonyl (C=O) groups excluding carboxylic acids is 1. The molecule has 0 aromatic heterocycles. The second-order valence-electron chi connectivity index (χ2n) is 5.13. The van der Waals surface area contributed by atoms with E-state index in [0.717, 1.165) is 5.56 Å². The van der Waals surface area contributed by atoms with Crippen molar-refractivity contribution in [3.63, 3.8) is 0 Å². The summed E-state index contributed by atoms with van der Waals surface area (Å²) in [4.78, 5) is 24.7. The number of aliphatic carboxylic acids is 1. The highest BCUT2D eigenvalue weighted by molar-refractivity contribution is 5.78. The number of amides is 2. The van der Waals surface area contributed by atoms with Gasteiger partial charge in [0.25, 0.3) is 0 Å². The largest absolute Gasteiger partial charge is 0.481 e. The van der Waals surface area contributed by atoms with E-state index in [1.54, 1.807) is 36.1 Å². The molecule has 1 fully saturated rings. The Morgan fingerprint density at radius 1 is 1.43 bits per heavy atom. The second-order valence-corrected chi connectivity index (χ2v) is 5.13. The van der Waals surface area contributed by atoms with Gasteiger partial charge in [-0.15, -0.1) is 0 Å².